The van der Waals surface area contributed by atoms with Crippen LogP contribution in [0.2, 0.25) is 0 Å². The number of piperidine rings is 1. The summed E-state index contributed by atoms with van der Waals surface area (Å²) in [5, 5.41) is 10.2. The average molecular weight is 329 g/mol. The first-order valence-corrected chi connectivity index (χ1v) is 8.90. The molecule has 1 aromatic rings. The average Bonchev–Trinajstić information content (AvgIpc) is 3.15. The van der Waals surface area contributed by atoms with Crippen LogP contribution in [-0.2, 0) is 11.2 Å². The predicted octanol–water partition coefficient (Wildman–Crippen LogP) is 2.58. The smallest absolute Gasteiger partial charge is 0.264 e. The van der Waals surface area contributed by atoms with Crippen molar-refractivity contribution < 1.29 is 9.53 Å². The summed E-state index contributed by atoms with van der Waals surface area (Å²) in [6, 6.07) is 6.07. The molecule has 0 atom stereocenters. The Morgan fingerprint density at radius 3 is 3.00 bits per heavy atom. The molecule has 0 radical (unpaired) electrons. The number of carbonyl (C=O) groups is 1. The van der Waals surface area contributed by atoms with Crippen molar-refractivity contribution in [1.82, 2.24) is 10.3 Å². The summed E-state index contributed by atoms with van der Waals surface area (Å²) in [5.41, 5.74) is 2.25. The van der Waals surface area contributed by atoms with Crippen LogP contribution in [0.25, 0.3) is 6.08 Å². The standard InChI is InChI=1S/C17H19N3O2S/c21-16-15(11-12-4-5-14-13(10-12)6-9-22-14)23-17(18-16)19-20-7-2-1-3-8-20/h4-5,10-11H,1-3,6-9H2,(H,18,19,21). The first-order valence-electron chi connectivity index (χ1n) is 8.08. The molecule has 3 aliphatic rings. The fraction of sp³-hybridized carbons (Fsp3) is 0.412. The molecule has 0 aromatic heterocycles. The molecule has 1 N–H and O–H groups in total. The molecule has 23 heavy (non-hydrogen) atoms. The minimum Gasteiger partial charge on any atom is -0.493 e. The van der Waals surface area contributed by atoms with Gasteiger partial charge in [-0.3, -0.25) is 15.1 Å². The summed E-state index contributed by atoms with van der Waals surface area (Å²) in [7, 11) is 0. The molecule has 1 amide bonds. The Morgan fingerprint density at radius 1 is 1.26 bits per heavy atom. The van der Waals surface area contributed by atoms with Gasteiger partial charge in [-0.25, -0.2) is 0 Å². The number of fused-ring (bicyclic) bond motifs is 1. The number of carbonyl (C=O) groups excluding carboxylic acids is 1. The highest BCUT2D eigenvalue weighted by molar-refractivity contribution is 8.18. The van der Waals surface area contributed by atoms with Gasteiger partial charge in [0, 0.05) is 19.5 Å². The topological polar surface area (TPSA) is 53.9 Å². The van der Waals surface area contributed by atoms with Crippen molar-refractivity contribution in [2.24, 2.45) is 5.10 Å². The molecule has 6 heteroatoms. The van der Waals surface area contributed by atoms with Gasteiger partial charge in [0.05, 0.1) is 11.5 Å². The SMILES string of the molecule is O=C1N/C(=N/N2CCCCC2)SC1=Cc1ccc2c(c1)CCO2. The normalized spacial score (nSPS) is 24.0. The monoisotopic (exact) mass is 329 g/mol. The molecule has 0 saturated carbocycles. The largest absolute Gasteiger partial charge is 0.493 e. The van der Waals surface area contributed by atoms with E-state index in [1.165, 1.54) is 36.6 Å². The second kappa shape index (κ2) is 6.28. The summed E-state index contributed by atoms with van der Waals surface area (Å²) >= 11 is 1.42. The van der Waals surface area contributed by atoms with E-state index in [1.807, 2.05) is 18.2 Å². The molecular formula is C17H19N3O2S. The zero-order valence-corrected chi connectivity index (χ0v) is 13.7. The summed E-state index contributed by atoms with van der Waals surface area (Å²) in [4.78, 5) is 12.8. The van der Waals surface area contributed by atoms with Gasteiger partial charge < -0.3 is 4.74 Å². The Kier molecular flexibility index (Phi) is 3.99. The summed E-state index contributed by atoms with van der Waals surface area (Å²) < 4.78 is 5.52. The van der Waals surface area contributed by atoms with Crippen molar-refractivity contribution in [2.75, 3.05) is 19.7 Å². The molecule has 3 aliphatic heterocycles. The van der Waals surface area contributed by atoms with Gasteiger partial charge in [0.2, 0.25) is 0 Å². The lowest BCUT2D eigenvalue weighted by Gasteiger charge is -2.23. The Hall–Kier alpha value is -1.95. The molecule has 1 aromatic carbocycles. The van der Waals surface area contributed by atoms with Gasteiger partial charge in [-0.05, 0) is 60.4 Å². The Labute approximate surface area is 139 Å². The molecular weight excluding hydrogens is 310 g/mol. The van der Waals surface area contributed by atoms with Crippen LogP contribution >= 0.6 is 11.8 Å². The van der Waals surface area contributed by atoms with Crippen LogP contribution in [0.15, 0.2) is 28.2 Å². The number of thioether (sulfide) groups is 1. The molecule has 4 rings (SSSR count). The van der Waals surface area contributed by atoms with Crippen LogP contribution in [0.4, 0.5) is 0 Å². The van der Waals surface area contributed by atoms with E-state index in [9.17, 15) is 4.79 Å². The second-order valence-electron chi connectivity index (χ2n) is 5.95. The molecule has 0 bridgehead atoms. The van der Waals surface area contributed by atoms with Gasteiger partial charge in [0.1, 0.15) is 5.75 Å². The lowest BCUT2D eigenvalue weighted by atomic mass is 10.1. The Morgan fingerprint density at radius 2 is 2.13 bits per heavy atom. The summed E-state index contributed by atoms with van der Waals surface area (Å²) in [5.74, 6) is 0.894. The number of rotatable bonds is 2. The van der Waals surface area contributed by atoms with Gasteiger partial charge in [0.25, 0.3) is 5.91 Å². The van der Waals surface area contributed by atoms with E-state index in [2.05, 4.69) is 21.5 Å². The van der Waals surface area contributed by atoms with Gasteiger partial charge >= 0.3 is 0 Å². The number of hydrogen-bond donors (Lipinski definition) is 1. The fourth-order valence-corrected chi connectivity index (χ4v) is 3.88. The van der Waals surface area contributed by atoms with Crippen molar-refractivity contribution in [3.63, 3.8) is 0 Å². The van der Waals surface area contributed by atoms with Gasteiger partial charge in [-0.15, -0.1) is 0 Å². The molecule has 5 nitrogen and oxygen atoms in total. The third-order valence-corrected chi connectivity index (χ3v) is 5.13. The van der Waals surface area contributed by atoms with E-state index in [4.69, 9.17) is 4.74 Å². The maximum atomic E-state index is 12.1. The highest BCUT2D eigenvalue weighted by Gasteiger charge is 2.25. The van der Waals surface area contributed by atoms with Gasteiger partial charge in [-0.1, -0.05) is 6.07 Å². The molecule has 3 heterocycles. The number of nitrogens with zero attached hydrogens (tertiary/aromatic N) is 2. The number of hydrazone groups is 1. The number of benzene rings is 1. The minimum atomic E-state index is -0.0671. The van der Waals surface area contributed by atoms with E-state index in [-0.39, 0.29) is 5.91 Å². The number of amides is 1. The maximum Gasteiger partial charge on any atom is 0.264 e. The molecule has 0 aliphatic carbocycles. The van der Waals surface area contributed by atoms with Crippen molar-refractivity contribution >= 4 is 28.9 Å². The van der Waals surface area contributed by atoms with Crippen LogP contribution in [-0.4, -0.2) is 35.8 Å². The van der Waals surface area contributed by atoms with Crippen LogP contribution in [0.5, 0.6) is 5.75 Å². The molecule has 2 saturated heterocycles. The van der Waals surface area contributed by atoms with Crippen molar-refractivity contribution in [2.45, 2.75) is 25.7 Å². The molecule has 2 fully saturated rings. The van der Waals surface area contributed by atoms with Crippen molar-refractivity contribution in [1.29, 1.82) is 0 Å². The second-order valence-corrected chi connectivity index (χ2v) is 6.98. The number of amidine groups is 1. The van der Waals surface area contributed by atoms with Gasteiger partial charge in [-0.2, -0.15) is 5.10 Å². The number of ether oxygens (including phenoxy) is 1. The van der Waals surface area contributed by atoms with Crippen LogP contribution in [0.1, 0.15) is 30.4 Å². The lowest BCUT2D eigenvalue weighted by molar-refractivity contribution is -0.115. The van der Waals surface area contributed by atoms with Crippen molar-refractivity contribution in [3.8, 4) is 5.75 Å². The highest BCUT2D eigenvalue weighted by Crippen LogP contribution is 2.30. The lowest BCUT2D eigenvalue weighted by Crippen LogP contribution is -2.28. The van der Waals surface area contributed by atoms with Crippen LogP contribution in [0.3, 0.4) is 0 Å². The van der Waals surface area contributed by atoms with Gasteiger partial charge in [0.15, 0.2) is 5.17 Å². The van der Waals surface area contributed by atoms with Crippen LogP contribution in [0, 0.1) is 0 Å². The summed E-state index contributed by atoms with van der Waals surface area (Å²) in [6.45, 7) is 2.70. The third kappa shape index (κ3) is 3.22. The van der Waals surface area contributed by atoms with E-state index >= 15 is 0 Å². The van der Waals surface area contributed by atoms with E-state index < -0.39 is 0 Å². The van der Waals surface area contributed by atoms with E-state index in [1.54, 1.807) is 0 Å². The quantitative estimate of drug-likeness (QED) is 0.848. The predicted molar refractivity (Wildman–Crippen MR) is 92.2 cm³/mol. The Balaban J connectivity index is 1.50. The first kappa shape index (κ1) is 14.6. The molecule has 0 unspecified atom stereocenters. The van der Waals surface area contributed by atoms with Crippen LogP contribution < -0.4 is 10.1 Å². The number of nitrogens with one attached hydrogen (secondary N) is 1. The summed E-state index contributed by atoms with van der Waals surface area (Å²) in [6.07, 6.45) is 6.49. The molecule has 120 valence electrons. The Bertz CT molecular complexity index is 693. The zero-order valence-electron chi connectivity index (χ0n) is 12.9. The maximum absolute atomic E-state index is 12.1. The third-order valence-electron chi connectivity index (χ3n) is 4.23. The number of hydrogen-bond acceptors (Lipinski definition) is 5. The van der Waals surface area contributed by atoms with E-state index in [0.717, 1.165) is 37.4 Å². The first-order chi connectivity index (χ1) is 11.3. The minimum absolute atomic E-state index is 0.0671. The van der Waals surface area contributed by atoms with Crippen molar-refractivity contribution in [3.05, 3.63) is 34.2 Å². The molecule has 0 spiro atoms. The highest BCUT2D eigenvalue weighted by atomic mass is 32.2. The van der Waals surface area contributed by atoms with E-state index in [0.29, 0.717) is 10.1 Å². The zero-order chi connectivity index (χ0) is 15.6. The fourth-order valence-electron chi connectivity index (χ4n) is 3.03.